The van der Waals surface area contributed by atoms with Gasteiger partial charge in [-0.25, -0.2) is 8.42 Å². The number of amides is 1. The van der Waals surface area contributed by atoms with Crippen molar-refractivity contribution in [2.24, 2.45) is 0 Å². The number of aryl methyl sites for hydroxylation is 1. The second kappa shape index (κ2) is 7.54. The van der Waals surface area contributed by atoms with Crippen molar-refractivity contribution in [3.05, 3.63) is 29.4 Å². The molecule has 1 aromatic carbocycles. The van der Waals surface area contributed by atoms with E-state index in [1.165, 1.54) is 4.31 Å². The van der Waals surface area contributed by atoms with Crippen LogP contribution in [0.15, 0.2) is 24.4 Å². The molecule has 1 fully saturated rings. The number of halogens is 1. The number of aromatic nitrogens is 2. The Balaban J connectivity index is 1.57. The number of sulfonamides is 1. The highest BCUT2D eigenvalue weighted by Crippen LogP contribution is 2.19. The van der Waals surface area contributed by atoms with Gasteiger partial charge in [-0.05, 0) is 32.0 Å². The minimum atomic E-state index is -3.26. The largest absolute Gasteiger partial charge is 0.340 e. The van der Waals surface area contributed by atoms with E-state index in [0.29, 0.717) is 44.2 Å². The summed E-state index contributed by atoms with van der Waals surface area (Å²) in [7, 11) is -3.26. The van der Waals surface area contributed by atoms with E-state index in [2.05, 4.69) is 5.10 Å². The summed E-state index contributed by atoms with van der Waals surface area (Å²) in [6.07, 6.45) is 2.08. The summed E-state index contributed by atoms with van der Waals surface area (Å²) in [5.41, 5.74) is 0.901. The summed E-state index contributed by atoms with van der Waals surface area (Å²) in [6, 6.07) is 5.55. The van der Waals surface area contributed by atoms with Crippen molar-refractivity contribution in [1.29, 1.82) is 0 Å². The molecule has 1 amide bonds. The summed E-state index contributed by atoms with van der Waals surface area (Å²) < 4.78 is 27.6. The monoisotopic (exact) mass is 398 g/mol. The summed E-state index contributed by atoms with van der Waals surface area (Å²) in [4.78, 5) is 14.2. The van der Waals surface area contributed by atoms with Gasteiger partial charge >= 0.3 is 0 Å². The molecule has 1 aromatic heterocycles. The van der Waals surface area contributed by atoms with Crippen LogP contribution in [0.2, 0.25) is 5.02 Å². The quantitative estimate of drug-likeness (QED) is 0.771. The summed E-state index contributed by atoms with van der Waals surface area (Å²) in [5, 5.41) is 5.49. The van der Waals surface area contributed by atoms with E-state index >= 15 is 0 Å². The molecule has 3 rings (SSSR count). The van der Waals surface area contributed by atoms with E-state index in [-0.39, 0.29) is 5.91 Å². The van der Waals surface area contributed by atoms with E-state index in [0.717, 1.165) is 10.9 Å². The van der Waals surface area contributed by atoms with Crippen LogP contribution in [0.4, 0.5) is 0 Å². The number of nitrogens with zero attached hydrogens (tertiary/aromatic N) is 4. The molecule has 0 bridgehead atoms. The Kier molecular flexibility index (Phi) is 5.55. The summed E-state index contributed by atoms with van der Waals surface area (Å²) in [6.45, 7) is 5.38. The van der Waals surface area contributed by atoms with Crippen molar-refractivity contribution < 1.29 is 13.2 Å². The fourth-order valence-corrected chi connectivity index (χ4v) is 4.51. The van der Waals surface area contributed by atoms with Gasteiger partial charge in [0.2, 0.25) is 15.9 Å². The van der Waals surface area contributed by atoms with Gasteiger partial charge in [0.25, 0.3) is 0 Å². The Morgan fingerprint density at radius 3 is 2.58 bits per heavy atom. The topological polar surface area (TPSA) is 75.5 Å². The van der Waals surface area contributed by atoms with Gasteiger partial charge in [0.1, 0.15) is 0 Å². The number of carbonyl (C=O) groups excluding carboxylic acids is 1. The normalized spacial score (nSPS) is 16.5. The van der Waals surface area contributed by atoms with E-state index < -0.39 is 15.3 Å². The lowest BCUT2D eigenvalue weighted by atomic mass is 10.2. The van der Waals surface area contributed by atoms with Gasteiger partial charge in [-0.15, -0.1) is 0 Å². The lowest BCUT2D eigenvalue weighted by Crippen LogP contribution is -2.52. The number of carbonyl (C=O) groups is 1. The number of hydrogen-bond acceptors (Lipinski definition) is 4. The lowest BCUT2D eigenvalue weighted by Gasteiger charge is -2.35. The van der Waals surface area contributed by atoms with Gasteiger partial charge < -0.3 is 4.90 Å². The molecule has 1 aliphatic rings. The first kappa shape index (κ1) is 19.1. The molecule has 0 atom stereocenters. The zero-order valence-corrected chi connectivity index (χ0v) is 16.5. The molecule has 0 N–H and O–H groups in total. The molecule has 26 heavy (non-hydrogen) atoms. The maximum absolute atomic E-state index is 12.5. The number of hydrogen-bond donors (Lipinski definition) is 0. The Bertz CT molecular complexity index is 902. The number of fused-ring (bicyclic) bond motifs is 1. The van der Waals surface area contributed by atoms with Gasteiger partial charge in [-0.1, -0.05) is 11.6 Å². The predicted molar refractivity (Wildman–Crippen MR) is 102 cm³/mol. The summed E-state index contributed by atoms with van der Waals surface area (Å²) >= 11 is 6.03. The SMILES string of the molecule is CC(C)S(=O)(=O)N1CCN(C(=O)CCn2ncc3ccc(Cl)cc32)CC1. The molecule has 1 aliphatic heterocycles. The number of rotatable bonds is 5. The highest BCUT2D eigenvalue weighted by molar-refractivity contribution is 7.89. The lowest BCUT2D eigenvalue weighted by molar-refractivity contribution is -0.132. The molecule has 2 heterocycles. The average molecular weight is 399 g/mol. The van der Waals surface area contributed by atoms with Crippen molar-refractivity contribution >= 4 is 38.4 Å². The zero-order valence-electron chi connectivity index (χ0n) is 14.9. The van der Waals surface area contributed by atoms with E-state index in [4.69, 9.17) is 11.6 Å². The highest BCUT2D eigenvalue weighted by Gasteiger charge is 2.30. The molecule has 0 radical (unpaired) electrons. The van der Waals surface area contributed by atoms with Gasteiger partial charge in [-0.3, -0.25) is 9.48 Å². The first-order chi connectivity index (χ1) is 12.3. The number of benzene rings is 1. The van der Waals surface area contributed by atoms with Crippen LogP contribution in [0.5, 0.6) is 0 Å². The Morgan fingerprint density at radius 1 is 1.23 bits per heavy atom. The Labute approximate surface area is 158 Å². The van der Waals surface area contributed by atoms with Crippen LogP contribution >= 0.6 is 11.6 Å². The maximum atomic E-state index is 12.5. The maximum Gasteiger partial charge on any atom is 0.224 e. The van der Waals surface area contributed by atoms with Crippen LogP contribution in [0.25, 0.3) is 10.9 Å². The van der Waals surface area contributed by atoms with E-state index in [1.807, 2.05) is 18.2 Å². The zero-order chi connectivity index (χ0) is 18.9. The van der Waals surface area contributed by atoms with Gasteiger partial charge in [-0.2, -0.15) is 9.40 Å². The molecule has 0 aliphatic carbocycles. The molecule has 142 valence electrons. The van der Waals surface area contributed by atoms with Crippen LogP contribution in [0.3, 0.4) is 0 Å². The van der Waals surface area contributed by atoms with Gasteiger partial charge in [0.15, 0.2) is 0 Å². The van der Waals surface area contributed by atoms with Crippen LogP contribution in [-0.4, -0.2) is 64.7 Å². The first-order valence-corrected chi connectivity index (χ1v) is 10.5. The molecule has 2 aromatic rings. The standard InChI is InChI=1S/C17H23ClN4O3S/c1-13(2)26(24,25)21-9-7-20(8-10-21)17(23)5-6-22-16-11-15(18)4-3-14(16)12-19-22/h3-4,11-13H,5-10H2,1-2H3. The van der Waals surface area contributed by atoms with Gasteiger partial charge in [0, 0.05) is 43.0 Å². The third-order valence-electron chi connectivity index (χ3n) is 4.69. The summed E-state index contributed by atoms with van der Waals surface area (Å²) in [5.74, 6) is 0.0114. The minimum Gasteiger partial charge on any atom is -0.340 e. The second-order valence-electron chi connectivity index (χ2n) is 6.69. The molecule has 0 saturated carbocycles. The average Bonchev–Trinajstić information content (AvgIpc) is 3.01. The molecule has 7 nitrogen and oxygen atoms in total. The molecule has 1 saturated heterocycles. The van der Waals surface area contributed by atoms with Crippen molar-refractivity contribution in [1.82, 2.24) is 19.0 Å². The third kappa shape index (κ3) is 3.87. The van der Waals surface area contributed by atoms with Crippen LogP contribution in [0.1, 0.15) is 20.3 Å². The minimum absolute atomic E-state index is 0.0114. The van der Waals surface area contributed by atoms with Gasteiger partial charge in [0.05, 0.1) is 23.5 Å². The van der Waals surface area contributed by atoms with Crippen LogP contribution < -0.4 is 0 Å². The first-order valence-electron chi connectivity index (χ1n) is 8.67. The highest BCUT2D eigenvalue weighted by atomic mass is 35.5. The predicted octanol–water partition coefficient (Wildman–Crippen LogP) is 1.96. The Hall–Kier alpha value is -1.64. The number of piperazine rings is 1. The Morgan fingerprint density at radius 2 is 1.92 bits per heavy atom. The van der Waals surface area contributed by atoms with Crippen LogP contribution in [-0.2, 0) is 21.4 Å². The van der Waals surface area contributed by atoms with Crippen molar-refractivity contribution in [3.8, 4) is 0 Å². The van der Waals surface area contributed by atoms with Crippen molar-refractivity contribution in [3.63, 3.8) is 0 Å². The third-order valence-corrected chi connectivity index (χ3v) is 7.20. The molecular formula is C17H23ClN4O3S. The van der Waals surface area contributed by atoms with Crippen molar-refractivity contribution in [2.45, 2.75) is 32.1 Å². The molecule has 0 spiro atoms. The molecular weight excluding hydrogens is 376 g/mol. The van der Waals surface area contributed by atoms with E-state index in [1.54, 1.807) is 29.6 Å². The van der Waals surface area contributed by atoms with Crippen LogP contribution in [0, 0.1) is 0 Å². The fraction of sp³-hybridized carbons (Fsp3) is 0.529. The van der Waals surface area contributed by atoms with E-state index in [9.17, 15) is 13.2 Å². The molecule has 0 unspecified atom stereocenters. The second-order valence-corrected chi connectivity index (χ2v) is 9.62. The smallest absolute Gasteiger partial charge is 0.224 e. The van der Waals surface area contributed by atoms with Crippen molar-refractivity contribution in [2.75, 3.05) is 26.2 Å². The fourth-order valence-electron chi connectivity index (χ4n) is 3.07. The molecule has 9 heteroatoms.